The normalized spacial score (nSPS) is 14.6. The van der Waals surface area contributed by atoms with Gasteiger partial charge in [0.15, 0.2) is 11.6 Å². The van der Waals surface area contributed by atoms with Crippen molar-refractivity contribution in [1.82, 2.24) is 19.9 Å². The Morgan fingerprint density at radius 3 is 1.25 bits per heavy atom. The van der Waals surface area contributed by atoms with Gasteiger partial charge in [-0.1, -0.05) is 327 Å². The van der Waals surface area contributed by atoms with Gasteiger partial charge in [0.1, 0.15) is 0 Å². The van der Waals surface area contributed by atoms with Gasteiger partial charge in [-0.15, -0.1) is 0 Å². The first-order valence-electron chi connectivity index (χ1n) is 39.5. The molecule has 0 saturated carbocycles. The third-order valence-corrected chi connectivity index (χ3v) is 27.1. The highest BCUT2D eigenvalue weighted by molar-refractivity contribution is 7.99. The zero-order chi connectivity index (χ0) is 75.5. The van der Waals surface area contributed by atoms with E-state index in [0.717, 1.165) is 101 Å². The molecule has 1 atom stereocenters. The molecule has 5 aliphatic rings. The second-order valence-corrected chi connectivity index (χ2v) is 33.1. The molecule has 2 aromatic heterocycles. The van der Waals surface area contributed by atoms with Crippen molar-refractivity contribution < 1.29 is 0 Å². The summed E-state index contributed by atoms with van der Waals surface area (Å²) in [6.07, 6.45) is 5.47. The summed E-state index contributed by atoms with van der Waals surface area (Å²) in [7, 11) is 0. The Labute approximate surface area is 675 Å². The molecule has 0 N–H and O–H groups in total. The minimum atomic E-state index is -0.645. The fourth-order valence-electron chi connectivity index (χ4n) is 19.6. The molecule has 24 rings (SSSR count). The smallest absolute Gasteiger partial charge is 0.160 e. The van der Waals surface area contributed by atoms with Crippen molar-refractivity contribution in [2.45, 2.75) is 36.8 Å². The highest BCUT2D eigenvalue weighted by atomic mass is 32.2. The van der Waals surface area contributed by atoms with Crippen LogP contribution in [0, 0.1) is 0 Å². The van der Waals surface area contributed by atoms with Crippen LogP contribution < -0.4 is 0 Å². The van der Waals surface area contributed by atoms with Crippen LogP contribution in [-0.2, 0) is 17.3 Å². The second-order valence-electron chi connectivity index (χ2n) is 31.0. The monoisotopic (exact) mass is 1490 g/mol. The molecule has 0 fully saturated rings. The van der Waals surface area contributed by atoms with Gasteiger partial charge in [-0.3, -0.25) is 0 Å². The van der Waals surface area contributed by atoms with Crippen molar-refractivity contribution in [2.24, 2.45) is 0 Å². The van der Waals surface area contributed by atoms with Crippen molar-refractivity contribution in [3.63, 3.8) is 0 Å². The van der Waals surface area contributed by atoms with Gasteiger partial charge in [-0.25, -0.2) is 19.9 Å². The average Bonchev–Trinajstić information content (AvgIpc) is 1.52. The maximum absolute atomic E-state index is 5.59. The lowest BCUT2D eigenvalue weighted by Crippen LogP contribution is -2.32. The topological polar surface area (TPSA) is 51.6 Å². The van der Waals surface area contributed by atoms with Gasteiger partial charge in [0.05, 0.1) is 33.6 Å². The SMILES string of the molecule is C1=Cc2cc(-c3cc(-c4cccc(-c5ccc6c(c5)C5(c7ccccc7S6)c6ccccc6-c6ccc(-c7ccc(-c8nc(-c9cccc(-c%10ccc%11c(c%10)C%10(c%12ccccc%12S%11)c%11ccccc%11-c%11ccccc%11%10)c9)cc(-c9ccc%10c(ccc%11ccccc%11%10)c9)n8)cc7)cc65)c4)nc(-c4ccccc4)n3)cc3cccc(c23)C1. The fourth-order valence-corrected chi connectivity index (χ4v) is 22.0. The predicted molar refractivity (Wildman–Crippen MR) is 475 cm³/mol. The van der Waals surface area contributed by atoms with Crippen molar-refractivity contribution in [3.05, 3.63) is 438 Å². The number of aromatic nitrogens is 4. The lowest BCUT2D eigenvalue weighted by Gasteiger charge is -2.40. The summed E-state index contributed by atoms with van der Waals surface area (Å²) in [5, 5.41) is 7.38. The highest BCUT2D eigenvalue weighted by Crippen LogP contribution is 2.65. The summed E-state index contributed by atoms with van der Waals surface area (Å²) in [4.78, 5) is 26.9. The van der Waals surface area contributed by atoms with Crippen molar-refractivity contribution in [3.8, 4) is 123 Å². The molecule has 4 nitrogen and oxygen atoms in total. The molecule has 19 aromatic rings. The Morgan fingerprint density at radius 1 is 0.226 bits per heavy atom. The summed E-state index contributed by atoms with van der Waals surface area (Å²) < 4.78 is 0. The molecule has 1 unspecified atom stereocenters. The van der Waals surface area contributed by atoms with Crippen LogP contribution in [0.2, 0.25) is 0 Å². The van der Waals surface area contributed by atoms with Crippen LogP contribution in [0.5, 0.6) is 0 Å². The molecule has 0 bridgehead atoms. The summed E-state index contributed by atoms with van der Waals surface area (Å²) >= 11 is 3.75. The Morgan fingerprint density at radius 2 is 0.626 bits per heavy atom. The average molecular weight is 1500 g/mol. The molecule has 2 spiro atoms. The molecule has 3 aliphatic carbocycles. The molecular formula is C109H66N4S2. The quantitative estimate of drug-likeness (QED) is 0.134. The van der Waals surface area contributed by atoms with E-state index in [-0.39, 0.29) is 0 Å². The van der Waals surface area contributed by atoms with E-state index in [1.54, 1.807) is 0 Å². The van der Waals surface area contributed by atoms with E-state index >= 15 is 0 Å². The summed E-state index contributed by atoms with van der Waals surface area (Å²) in [6.45, 7) is 0. The van der Waals surface area contributed by atoms with E-state index in [1.807, 2.05) is 29.6 Å². The summed E-state index contributed by atoms with van der Waals surface area (Å²) in [5.41, 5.74) is 33.2. The minimum Gasteiger partial charge on any atom is -0.228 e. The first-order chi connectivity index (χ1) is 56.9. The lowest BCUT2D eigenvalue weighted by molar-refractivity contribution is 0.723. The van der Waals surface area contributed by atoms with Crippen LogP contribution >= 0.6 is 23.5 Å². The standard InChI is InChI=1S/C109H66N4S2/c1-2-21-69(22-3-1)106-110-98(65-100(113-106)82-59-80-29-16-23-68-24-17-30-81(60-82)105(68)80)78-28-19-26-72(57-78)75-51-55-104-96(63-75)109(93-39-13-15-41-102(93)115-104)91-37-11-8-34-87(91)88-53-48-73(61-94(88)109)66-42-45-70(46-43-66)107-111-97(64-99(112-107)79-49-52-84-76(58-79)47-44-67-20-4-5-31-83(67)84)77-27-18-25-71(56-77)74-50-54-103-95(62-74)108(92-38-12-14-40-101(92)114-103)89-35-9-6-32-85(89)86-33-7-10-36-90(86)108/h1-23,25-65H,24H2. The zero-order valence-corrected chi connectivity index (χ0v) is 63.9. The van der Waals surface area contributed by atoms with Crippen LogP contribution in [0.3, 0.4) is 0 Å². The van der Waals surface area contributed by atoms with Crippen LogP contribution in [0.4, 0.5) is 0 Å². The molecule has 4 heterocycles. The molecule has 115 heavy (non-hydrogen) atoms. The van der Waals surface area contributed by atoms with Crippen molar-refractivity contribution >= 4 is 61.9 Å². The third kappa shape index (κ3) is 10.2. The third-order valence-electron chi connectivity index (χ3n) is 24.8. The van der Waals surface area contributed by atoms with Crippen LogP contribution in [0.15, 0.2) is 402 Å². The zero-order valence-electron chi connectivity index (χ0n) is 62.3. The van der Waals surface area contributed by atoms with Crippen molar-refractivity contribution in [1.29, 1.82) is 0 Å². The first kappa shape index (κ1) is 65.8. The number of allylic oxidation sites excluding steroid dienone is 1. The second kappa shape index (κ2) is 25.8. The molecule has 6 heteroatoms. The van der Waals surface area contributed by atoms with Gasteiger partial charge in [0, 0.05) is 53.0 Å². The maximum Gasteiger partial charge on any atom is 0.160 e. The lowest BCUT2D eigenvalue weighted by atomic mass is 9.66. The van der Waals surface area contributed by atoms with Gasteiger partial charge in [0.25, 0.3) is 0 Å². The van der Waals surface area contributed by atoms with Gasteiger partial charge >= 0.3 is 0 Å². The van der Waals surface area contributed by atoms with Crippen LogP contribution in [0.1, 0.15) is 55.6 Å². The molecule has 0 radical (unpaired) electrons. The summed E-state index contributed by atoms with van der Waals surface area (Å²) in [6, 6.07) is 140. The maximum atomic E-state index is 5.59. The Bertz CT molecular complexity index is 7360. The molecule has 17 aromatic carbocycles. The van der Waals surface area contributed by atoms with E-state index in [9.17, 15) is 0 Å². The Kier molecular flexibility index (Phi) is 14.8. The number of fused-ring (bicyclic) bond motifs is 21. The Balaban J connectivity index is 0.612. The number of benzene rings is 17. The fraction of sp³-hybridized carbons (Fsp3) is 0.0275. The number of hydrogen-bond donors (Lipinski definition) is 0. The molecular weight excluding hydrogens is 1430 g/mol. The Hall–Kier alpha value is -13.9. The van der Waals surface area contributed by atoms with E-state index in [4.69, 9.17) is 19.9 Å². The first-order valence-corrected chi connectivity index (χ1v) is 41.1. The highest BCUT2D eigenvalue weighted by Gasteiger charge is 2.52. The van der Waals surface area contributed by atoms with Gasteiger partial charge in [-0.2, -0.15) is 0 Å². The van der Waals surface area contributed by atoms with E-state index in [2.05, 4.69) is 382 Å². The largest absolute Gasteiger partial charge is 0.228 e. The number of rotatable bonds is 9. The summed E-state index contributed by atoms with van der Waals surface area (Å²) in [5.74, 6) is 1.35. The van der Waals surface area contributed by atoms with E-state index < -0.39 is 10.8 Å². The number of hydrogen-bond acceptors (Lipinski definition) is 6. The number of nitrogens with zero attached hydrogens (tertiary/aromatic N) is 4. The van der Waals surface area contributed by atoms with Gasteiger partial charge in [-0.05, 0) is 235 Å². The molecule has 534 valence electrons. The van der Waals surface area contributed by atoms with Crippen LogP contribution in [0.25, 0.3) is 162 Å². The molecule has 2 aliphatic heterocycles. The van der Waals surface area contributed by atoms with Gasteiger partial charge in [0.2, 0.25) is 0 Å². The predicted octanol–water partition coefficient (Wildman–Crippen LogP) is 28.0. The van der Waals surface area contributed by atoms with Crippen LogP contribution in [-0.4, -0.2) is 19.9 Å². The minimum absolute atomic E-state index is 0.487. The van der Waals surface area contributed by atoms with E-state index in [1.165, 1.54) is 124 Å². The molecule has 0 saturated heterocycles. The molecule has 0 amide bonds. The van der Waals surface area contributed by atoms with E-state index in [0.29, 0.717) is 11.6 Å². The van der Waals surface area contributed by atoms with Crippen molar-refractivity contribution in [2.75, 3.05) is 0 Å². The van der Waals surface area contributed by atoms with Gasteiger partial charge < -0.3 is 0 Å².